The van der Waals surface area contributed by atoms with Gasteiger partial charge in [-0.05, 0) is 15.9 Å². The standard InChI is InChI=1S/C9H7BrClN3O3/c10-5-1-7(14(16)17)9(12-3-5)13-4-6(11)2-8(13)15/h1,3,6H,2,4H2. The third-order valence-electron chi connectivity index (χ3n) is 2.34. The van der Waals surface area contributed by atoms with Crippen molar-refractivity contribution < 1.29 is 9.72 Å². The summed E-state index contributed by atoms with van der Waals surface area (Å²) >= 11 is 8.95. The Kier molecular flexibility index (Phi) is 3.30. The SMILES string of the molecule is O=C1CC(Cl)CN1c1ncc(Br)cc1[N+](=O)[O-]. The summed E-state index contributed by atoms with van der Waals surface area (Å²) in [7, 11) is 0. The molecule has 0 aliphatic carbocycles. The van der Waals surface area contributed by atoms with Gasteiger partial charge in [0.1, 0.15) is 0 Å². The number of halogens is 2. The monoisotopic (exact) mass is 319 g/mol. The molecule has 0 radical (unpaired) electrons. The molecule has 1 aliphatic heterocycles. The smallest absolute Gasteiger partial charge is 0.289 e. The molecule has 1 fully saturated rings. The van der Waals surface area contributed by atoms with Crippen LogP contribution in [-0.4, -0.2) is 27.7 Å². The minimum Gasteiger partial charge on any atom is -0.289 e. The number of nitro groups is 1. The zero-order valence-corrected chi connectivity index (χ0v) is 10.8. The van der Waals surface area contributed by atoms with Gasteiger partial charge in [0, 0.05) is 29.7 Å². The van der Waals surface area contributed by atoms with Crippen LogP contribution in [0.2, 0.25) is 0 Å². The highest BCUT2D eigenvalue weighted by Gasteiger charge is 2.34. The van der Waals surface area contributed by atoms with Gasteiger partial charge in [-0.1, -0.05) is 0 Å². The average molecular weight is 321 g/mol. The van der Waals surface area contributed by atoms with Gasteiger partial charge in [0.2, 0.25) is 11.7 Å². The first-order valence-corrected chi connectivity index (χ1v) is 5.96. The second-order valence-corrected chi connectivity index (χ2v) is 5.09. The average Bonchev–Trinajstić information content (AvgIpc) is 2.57. The number of hydrogen-bond donors (Lipinski definition) is 0. The van der Waals surface area contributed by atoms with Gasteiger partial charge < -0.3 is 0 Å². The number of nitrogens with zero attached hydrogens (tertiary/aromatic N) is 3. The van der Waals surface area contributed by atoms with Crippen molar-refractivity contribution in [2.24, 2.45) is 0 Å². The van der Waals surface area contributed by atoms with Gasteiger partial charge in [-0.3, -0.25) is 19.8 Å². The van der Waals surface area contributed by atoms with Crippen molar-refractivity contribution in [3.8, 4) is 0 Å². The minimum atomic E-state index is -0.568. The van der Waals surface area contributed by atoms with Crippen LogP contribution in [0.25, 0.3) is 0 Å². The second-order valence-electron chi connectivity index (χ2n) is 3.56. The van der Waals surface area contributed by atoms with Crippen molar-refractivity contribution in [1.82, 2.24) is 4.98 Å². The Morgan fingerprint density at radius 2 is 2.35 bits per heavy atom. The second kappa shape index (κ2) is 4.58. The third-order valence-corrected chi connectivity index (χ3v) is 3.07. The van der Waals surface area contributed by atoms with E-state index in [4.69, 9.17) is 11.6 Å². The molecule has 0 aromatic carbocycles. The highest BCUT2D eigenvalue weighted by Crippen LogP contribution is 2.32. The van der Waals surface area contributed by atoms with Crippen molar-refractivity contribution >= 4 is 44.9 Å². The molecule has 0 bridgehead atoms. The summed E-state index contributed by atoms with van der Waals surface area (Å²) in [6.45, 7) is 0.246. The fourth-order valence-electron chi connectivity index (χ4n) is 1.63. The van der Waals surface area contributed by atoms with Crippen molar-refractivity contribution in [2.75, 3.05) is 11.4 Å². The summed E-state index contributed by atoms with van der Waals surface area (Å²) in [5.74, 6) is -0.200. The van der Waals surface area contributed by atoms with E-state index in [0.29, 0.717) is 4.47 Å². The molecule has 1 aliphatic rings. The largest absolute Gasteiger partial charge is 0.313 e. The van der Waals surface area contributed by atoms with E-state index in [9.17, 15) is 14.9 Å². The number of pyridine rings is 1. The quantitative estimate of drug-likeness (QED) is 0.475. The number of hydrogen-bond acceptors (Lipinski definition) is 4. The van der Waals surface area contributed by atoms with E-state index in [1.807, 2.05) is 0 Å². The van der Waals surface area contributed by atoms with Gasteiger partial charge >= 0.3 is 5.69 Å². The molecule has 1 aromatic rings. The normalized spacial score (nSPS) is 19.8. The number of aromatic nitrogens is 1. The maximum atomic E-state index is 11.6. The Labute approximate surface area is 110 Å². The maximum Gasteiger partial charge on any atom is 0.313 e. The summed E-state index contributed by atoms with van der Waals surface area (Å²) in [6.07, 6.45) is 1.59. The number of amides is 1. The predicted molar refractivity (Wildman–Crippen MR) is 65.2 cm³/mol. The van der Waals surface area contributed by atoms with Gasteiger partial charge in [0.05, 0.1) is 10.3 Å². The van der Waals surface area contributed by atoms with Crippen LogP contribution in [-0.2, 0) is 4.79 Å². The van der Waals surface area contributed by atoms with E-state index in [1.54, 1.807) is 0 Å². The summed E-state index contributed by atoms with van der Waals surface area (Å²) in [6, 6.07) is 1.32. The lowest BCUT2D eigenvalue weighted by molar-refractivity contribution is -0.384. The lowest BCUT2D eigenvalue weighted by Gasteiger charge is -2.14. The topological polar surface area (TPSA) is 76.3 Å². The number of carbonyl (C=O) groups is 1. The molecular weight excluding hydrogens is 313 g/mol. The molecule has 0 N–H and O–H groups in total. The van der Waals surface area contributed by atoms with Gasteiger partial charge in [-0.25, -0.2) is 4.98 Å². The molecule has 1 amide bonds. The molecule has 2 heterocycles. The minimum absolute atomic E-state index is 0.0475. The van der Waals surface area contributed by atoms with Gasteiger partial charge in [0.25, 0.3) is 0 Å². The van der Waals surface area contributed by atoms with Crippen LogP contribution in [0.3, 0.4) is 0 Å². The fourth-order valence-corrected chi connectivity index (χ4v) is 2.22. The highest BCUT2D eigenvalue weighted by atomic mass is 79.9. The van der Waals surface area contributed by atoms with Gasteiger partial charge in [0.15, 0.2) is 0 Å². The highest BCUT2D eigenvalue weighted by molar-refractivity contribution is 9.10. The lowest BCUT2D eigenvalue weighted by Crippen LogP contribution is -2.26. The summed E-state index contributed by atoms with van der Waals surface area (Å²) in [5, 5.41) is 10.6. The first-order valence-electron chi connectivity index (χ1n) is 4.73. The van der Waals surface area contributed by atoms with E-state index in [0.717, 1.165) is 0 Å². The summed E-state index contributed by atoms with van der Waals surface area (Å²) < 4.78 is 0.488. The fraction of sp³-hybridized carbons (Fsp3) is 0.333. The van der Waals surface area contributed by atoms with E-state index in [2.05, 4.69) is 20.9 Å². The maximum absolute atomic E-state index is 11.6. The van der Waals surface area contributed by atoms with Crippen LogP contribution in [0.4, 0.5) is 11.5 Å². The molecule has 90 valence electrons. The van der Waals surface area contributed by atoms with Crippen LogP contribution in [0.15, 0.2) is 16.7 Å². The van der Waals surface area contributed by atoms with Crippen molar-refractivity contribution in [2.45, 2.75) is 11.8 Å². The Bertz CT molecular complexity index is 496. The molecule has 1 unspecified atom stereocenters. The molecule has 17 heavy (non-hydrogen) atoms. The van der Waals surface area contributed by atoms with Crippen LogP contribution in [0.5, 0.6) is 0 Å². The zero-order valence-electron chi connectivity index (χ0n) is 8.47. The summed E-state index contributed by atoms with van der Waals surface area (Å²) in [4.78, 5) is 27.1. The van der Waals surface area contributed by atoms with E-state index in [-0.39, 0.29) is 35.8 Å². The molecular formula is C9H7BrClN3O3. The molecule has 1 saturated heterocycles. The molecule has 1 aromatic heterocycles. The van der Waals surface area contributed by atoms with Gasteiger partial charge in [-0.2, -0.15) is 0 Å². The van der Waals surface area contributed by atoms with E-state index >= 15 is 0 Å². The Morgan fingerprint density at radius 3 is 2.88 bits per heavy atom. The first kappa shape index (κ1) is 12.3. The Morgan fingerprint density at radius 1 is 1.65 bits per heavy atom. The van der Waals surface area contributed by atoms with Crippen molar-refractivity contribution in [3.63, 3.8) is 0 Å². The van der Waals surface area contributed by atoms with Crippen molar-refractivity contribution in [1.29, 1.82) is 0 Å². The van der Waals surface area contributed by atoms with Crippen LogP contribution >= 0.6 is 27.5 Å². The number of anilines is 1. The zero-order chi connectivity index (χ0) is 12.6. The Hall–Kier alpha value is -1.21. The molecule has 0 saturated carbocycles. The number of rotatable bonds is 2. The van der Waals surface area contributed by atoms with Gasteiger partial charge in [-0.15, -0.1) is 11.6 Å². The summed E-state index contributed by atoms with van der Waals surface area (Å²) in [5.41, 5.74) is -0.210. The molecule has 0 spiro atoms. The van der Waals surface area contributed by atoms with Crippen molar-refractivity contribution in [3.05, 3.63) is 26.9 Å². The predicted octanol–water partition coefficient (Wildman–Crippen LogP) is 2.10. The van der Waals surface area contributed by atoms with Crippen LogP contribution in [0.1, 0.15) is 6.42 Å². The molecule has 1 atom stereocenters. The lowest BCUT2D eigenvalue weighted by atomic mass is 10.3. The molecule has 2 rings (SSSR count). The molecule has 8 heteroatoms. The van der Waals surface area contributed by atoms with Crippen LogP contribution in [0, 0.1) is 10.1 Å². The first-order chi connectivity index (χ1) is 7.99. The van der Waals surface area contributed by atoms with E-state index in [1.165, 1.54) is 17.2 Å². The van der Waals surface area contributed by atoms with Crippen LogP contribution < -0.4 is 4.90 Å². The third kappa shape index (κ3) is 2.39. The molecule has 6 nitrogen and oxygen atoms in total. The number of carbonyl (C=O) groups excluding carboxylic acids is 1. The Balaban J connectivity index is 2.45. The number of alkyl halides is 1. The van der Waals surface area contributed by atoms with E-state index < -0.39 is 4.92 Å².